The molecule has 1 unspecified atom stereocenters. The monoisotopic (exact) mass is 480 g/mol. The molecular formula is C26H36N6O3. The summed E-state index contributed by atoms with van der Waals surface area (Å²) in [4.78, 5) is 38.0. The summed E-state index contributed by atoms with van der Waals surface area (Å²) >= 11 is 0. The van der Waals surface area contributed by atoms with Crippen LogP contribution in [-0.4, -0.2) is 60.5 Å². The van der Waals surface area contributed by atoms with Crippen LogP contribution in [0.1, 0.15) is 52.5 Å². The Kier molecular flexibility index (Phi) is 8.97. The maximum Gasteiger partial charge on any atom is 0.250 e. The number of nitrogens with two attached hydrogens (primary N) is 1. The number of fused-ring (bicyclic) bond motifs is 1. The first-order valence-electron chi connectivity index (χ1n) is 11.9. The van der Waals surface area contributed by atoms with Crippen LogP contribution >= 0.6 is 0 Å². The Bertz CT molecular complexity index is 1050. The molecule has 9 heteroatoms. The summed E-state index contributed by atoms with van der Waals surface area (Å²) in [6.45, 7) is 8.24. The topological polar surface area (TPSA) is 120 Å². The standard InChI is InChI=1S/C26H36N6O3/c1-17(2)28-11-12-29-26(35)24(22-13-19(25(27)34)10-9-18(22)3)30-14-23(33)31(4)32-15-20-7-5-6-8-21(20)16-32/h5-10,13,17,24,28,30H,11-12,14-16H2,1-4H3,(H2,27,34)(H,29,35). The van der Waals surface area contributed by atoms with E-state index >= 15 is 0 Å². The van der Waals surface area contributed by atoms with E-state index in [1.54, 1.807) is 30.3 Å². The van der Waals surface area contributed by atoms with E-state index in [1.807, 2.05) is 37.9 Å². The molecule has 0 saturated heterocycles. The molecule has 1 aliphatic heterocycles. The highest BCUT2D eigenvalue weighted by molar-refractivity contribution is 5.94. The van der Waals surface area contributed by atoms with E-state index in [9.17, 15) is 14.4 Å². The lowest BCUT2D eigenvalue weighted by Crippen LogP contribution is -2.47. The number of hydrogen-bond donors (Lipinski definition) is 4. The first-order chi connectivity index (χ1) is 16.7. The van der Waals surface area contributed by atoms with Crippen molar-refractivity contribution in [1.29, 1.82) is 0 Å². The summed E-state index contributed by atoms with van der Waals surface area (Å²) in [7, 11) is 1.74. The van der Waals surface area contributed by atoms with Gasteiger partial charge < -0.3 is 16.4 Å². The second kappa shape index (κ2) is 11.9. The van der Waals surface area contributed by atoms with Crippen molar-refractivity contribution in [3.8, 4) is 0 Å². The Morgan fingerprint density at radius 2 is 1.69 bits per heavy atom. The second-order valence-corrected chi connectivity index (χ2v) is 9.16. The number of nitrogens with zero attached hydrogens (tertiary/aromatic N) is 2. The Labute approximate surface area is 207 Å². The van der Waals surface area contributed by atoms with Gasteiger partial charge in [-0.25, -0.2) is 5.01 Å². The van der Waals surface area contributed by atoms with Crippen LogP contribution in [0.4, 0.5) is 0 Å². The zero-order valence-electron chi connectivity index (χ0n) is 20.9. The van der Waals surface area contributed by atoms with E-state index < -0.39 is 11.9 Å². The molecule has 3 rings (SSSR count). The van der Waals surface area contributed by atoms with E-state index in [2.05, 4.69) is 28.1 Å². The molecule has 0 aromatic heterocycles. The van der Waals surface area contributed by atoms with Gasteiger partial charge in [-0.1, -0.05) is 44.2 Å². The van der Waals surface area contributed by atoms with Gasteiger partial charge in [-0.2, -0.15) is 0 Å². The first kappa shape index (κ1) is 26.3. The molecule has 9 nitrogen and oxygen atoms in total. The third-order valence-corrected chi connectivity index (χ3v) is 6.18. The van der Waals surface area contributed by atoms with Crippen molar-refractivity contribution < 1.29 is 14.4 Å². The number of hydrogen-bond acceptors (Lipinski definition) is 6. The van der Waals surface area contributed by atoms with E-state index in [4.69, 9.17) is 5.73 Å². The minimum Gasteiger partial charge on any atom is -0.366 e. The SMILES string of the molecule is Cc1ccc(C(N)=O)cc1C(NCC(=O)N(C)N1Cc2ccccc2C1)C(=O)NCCNC(C)C. The van der Waals surface area contributed by atoms with Gasteiger partial charge in [0.2, 0.25) is 11.8 Å². The van der Waals surface area contributed by atoms with Crippen LogP contribution in [0.15, 0.2) is 42.5 Å². The number of amides is 3. The fourth-order valence-electron chi connectivity index (χ4n) is 4.09. The Balaban J connectivity index is 1.70. The van der Waals surface area contributed by atoms with Crippen molar-refractivity contribution in [2.45, 2.75) is 45.9 Å². The van der Waals surface area contributed by atoms with Crippen molar-refractivity contribution in [3.05, 3.63) is 70.3 Å². The van der Waals surface area contributed by atoms with Crippen LogP contribution in [-0.2, 0) is 22.7 Å². The molecule has 2 aromatic rings. The zero-order valence-corrected chi connectivity index (χ0v) is 20.9. The van der Waals surface area contributed by atoms with Gasteiger partial charge in [-0.05, 0) is 41.3 Å². The number of primary amides is 1. The van der Waals surface area contributed by atoms with Crippen molar-refractivity contribution in [2.75, 3.05) is 26.7 Å². The smallest absolute Gasteiger partial charge is 0.250 e. The largest absolute Gasteiger partial charge is 0.366 e. The van der Waals surface area contributed by atoms with Gasteiger partial charge in [0.25, 0.3) is 5.91 Å². The third kappa shape index (κ3) is 6.88. The lowest BCUT2D eigenvalue weighted by Gasteiger charge is -2.29. The van der Waals surface area contributed by atoms with Gasteiger partial charge in [0, 0.05) is 44.8 Å². The lowest BCUT2D eigenvalue weighted by molar-refractivity contribution is -0.145. The number of hydrazine groups is 1. The molecule has 5 N–H and O–H groups in total. The summed E-state index contributed by atoms with van der Waals surface area (Å²) in [6, 6.07) is 12.6. The highest BCUT2D eigenvalue weighted by atomic mass is 16.2. The van der Waals surface area contributed by atoms with Crippen LogP contribution < -0.4 is 21.7 Å². The molecule has 0 aliphatic carbocycles. The maximum atomic E-state index is 13.2. The highest BCUT2D eigenvalue weighted by Gasteiger charge is 2.27. The molecule has 1 aliphatic rings. The van der Waals surface area contributed by atoms with Crippen LogP contribution in [0, 0.1) is 6.92 Å². The molecule has 0 saturated carbocycles. The molecule has 1 atom stereocenters. The Hall–Kier alpha value is -3.27. The van der Waals surface area contributed by atoms with Crippen molar-refractivity contribution in [1.82, 2.24) is 26.0 Å². The second-order valence-electron chi connectivity index (χ2n) is 9.16. The quantitative estimate of drug-likeness (QED) is 0.359. The highest BCUT2D eigenvalue weighted by Crippen LogP contribution is 2.24. The van der Waals surface area contributed by atoms with E-state index in [0.717, 1.165) is 5.56 Å². The number of carbonyl (C=O) groups is 3. The van der Waals surface area contributed by atoms with Gasteiger partial charge in [-0.15, -0.1) is 0 Å². The van der Waals surface area contributed by atoms with E-state index in [1.165, 1.54) is 11.1 Å². The Morgan fingerprint density at radius 1 is 1.03 bits per heavy atom. The summed E-state index contributed by atoms with van der Waals surface area (Å²) in [5, 5.41) is 12.9. The van der Waals surface area contributed by atoms with Gasteiger partial charge in [0.15, 0.2) is 0 Å². The number of likely N-dealkylation sites (N-methyl/N-ethyl adjacent to an activating group) is 1. The molecule has 188 valence electrons. The fourth-order valence-corrected chi connectivity index (χ4v) is 4.09. The van der Waals surface area contributed by atoms with Crippen LogP contribution in [0.3, 0.4) is 0 Å². The fraction of sp³-hybridized carbons (Fsp3) is 0.423. The van der Waals surface area contributed by atoms with Crippen molar-refractivity contribution >= 4 is 17.7 Å². The number of aryl methyl sites for hydroxylation is 1. The number of carbonyl (C=O) groups excluding carboxylic acids is 3. The number of rotatable bonds is 11. The summed E-state index contributed by atoms with van der Waals surface area (Å²) in [6.07, 6.45) is 0. The predicted molar refractivity (Wildman–Crippen MR) is 135 cm³/mol. The van der Waals surface area contributed by atoms with Crippen LogP contribution in [0.2, 0.25) is 0 Å². The van der Waals surface area contributed by atoms with Crippen molar-refractivity contribution in [3.63, 3.8) is 0 Å². The van der Waals surface area contributed by atoms with Crippen molar-refractivity contribution in [2.24, 2.45) is 5.73 Å². The van der Waals surface area contributed by atoms with E-state index in [0.29, 0.717) is 43.3 Å². The first-order valence-corrected chi connectivity index (χ1v) is 11.9. The average Bonchev–Trinajstić information content (AvgIpc) is 3.26. The molecule has 1 heterocycles. The summed E-state index contributed by atoms with van der Waals surface area (Å²) in [5.41, 5.74) is 9.61. The molecule has 0 fully saturated rings. The minimum absolute atomic E-state index is 0.0497. The van der Waals surface area contributed by atoms with Gasteiger partial charge in [0.1, 0.15) is 6.04 Å². The van der Waals surface area contributed by atoms with Gasteiger partial charge >= 0.3 is 0 Å². The minimum atomic E-state index is -0.818. The summed E-state index contributed by atoms with van der Waals surface area (Å²) in [5.74, 6) is -1.01. The van der Waals surface area contributed by atoms with Gasteiger partial charge in [0.05, 0.1) is 6.54 Å². The van der Waals surface area contributed by atoms with Crippen LogP contribution in [0.5, 0.6) is 0 Å². The maximum absolute atomic E-state index is 13.2. The zero-order chi connectivity index (χ0) is 25.5. The Morgan fingerprint density at radius 3 is 2.29 bits per heavy atom. The molecular weight excluding hydrogens is 444 g/mol. The number of benzene rings is 2. The normalized spacial score (nSPS) is 14.0. The summed E-state index contributed by atoms with van der Waals surface area (Å²) < 4.78 is 0. The van der Waals surface area contributed by atoms with E-state index in [-0.39, 0.29) is 18.4 Å². The predicted octanol–water partition coefficient (Wildman–Crippen LogP) is 1.23. The molecule has 2 aromatic carbocycles. The molecule has 0 radical (unpaired) electrons. The lowest BCUT2D eigenvalue weighted by atomic mass is 9.97. The molecule has 3 amide bonds. The number of nitrogens with one attached hydrogen (secondary N) is 3. The third-order valence-electron chi connectivity index (χ3n) is 6.18. The average molecular weight is 481 g/mol. The molecule has 0 spiro atoms. The molecule has 0 bridgehead atoms. The molecule has 35 heavy (non-hydrogen) atoms. The van der Waals surface area contributed by atoms with Crippen LogP contribution in [0.25, 0.3) is 0 Å². The van der Waals surface area contributed by atoms with Gasteiger partial charge in [-0.3, -0.25) is 24.7 Å².